The van der Waals surface area contributed by atoms with Gasteiger partial charge in [-0.3, -0.25) is 0 Å². The van der Waals surface area contributed by atoms with E-state index in [-0.39, 0.29) is 18.0 Å². The van der Waals surface area contributed by atoms with Gasteiger partial charge in [-0.25, -0.2) is 9.89 Å². The van der Waals surface area contributed by atoms with Gasteiger partial charge in [-0.05, 0) is 12.1 Å². The molecule has 0 aromatic carbocycles. The minimum atomic E-state index is -4.44. The number of rotatable bonds is 4. The lowest BCUT2D eigenvalue weighted by Gasteiger charge is -2.23. The predicted octanol–water partition coefficient (Wildman–Crippen LogP) is -0.221. The lowest BCUT2D eigenvalue weighted by molar-refractivity contribution is -0.120. The fourth-order valence-corrected chi connectivity index (χ4v) is 1.57. The van der Waals surface area contributed by atoms with Crippen LogP contribution in [0.25, 0.3) is 5.65 Å². The molecule has 10 heteroatoms. The summed E-state index contributed by atoms with van der Waals surface area (Å²) in [5.41, 5.74) is -0.447. The molecule has 0 fully saturated rings. The number of alkyl halides is 3. The second kappa shape index (κ2) is 4.88. The topological polar surface area (TPSA) is 86.5 Å². The number of hydrogen-bond acceptors (Lipinski definition) is 5. The van der Waals surface area contributed by atoms with Crippen LogP contribution in [0.15, 0.2) is 16.9 Å². The first-order valence-electron chi connectivity index (χ1n) is 5.28. The first-order chi connectivity index (χ1) is 8.90. The molecule has 0 radical (unpaired) electrons. The predicted molar refractivity (Wildman–Crippen MR) is 59.0 cm³/mol. The normalized spacial score (nSPS) is 12.0. The molecule has 2 heterocycles. The monoisotopic (exact) mass is 277 g/mol. The molecule has 0 atom stereocenters. The molecule has 2 N–H and O–H groups in total. The average molecular weight is 277 g/mol. The number of nitrogens with zero attached hydrogens (tertiary/aromatic N) is 4. The van der Waals surface area contributed by atoms with Crippen molar-refractivity contribution in [3.8, 4) is 0 Å². The minimum Gasteiger partial charge on any atom is -0.395 e. The molecule has 2 aromatic rings. The second-order valence-electron chi connectivity index (χ2n) is 3.75. The summed E-state index contributed by atoms with van der Waals surface area (Å²) in [7, 11) is 0. The van der Waals surface area contributed by atoms with E-state index in [0.29, 0.717) is 0 Å². The summed E-state index contributed by atoms with van der Waals surface area (Å²) in [6.07, 6.45) is -4.44. The number of aliphatic hydroxyl groups excluding tert-OH is 1. The number of aromatic nitrogens is 4. The third-order valence-electron chi connectivity index (χ3n) is 2.32. The van der Waals surface area contributed by atoms with Gasteiger partial charge >= 0.3 is 11.9 Å². The Labute approximate surface area is 104 Å². The van der Waals surface area contributed by atoms with Crippen molar-refractivity contribution in [2.75, 3.05) is 24.6 Å². The summed E-state index contributed by atoms with van der Waals surface area (Å²) in [4.78, 5) is 12.1. The maximum Gasteiger partial charge on any atom is 0.405 e. The molecule has 0 bridgehead atoms. The molecule has 2 aromatic heterocycles. The zero-order valence-electron chi connectivity index (χ0n) is 9.55. The Hall–Kier alpha value is -2.10. The van der Waals surface area contributed by atoms with Gasteiger partial charge in [0.2, 0.25) is 0 Å². The van der Waals surface area contributed by atoms with Crippen LogP contribution in [0, 0.1) is 0 Å². The Morgan fingerprint density at radius 1 is 1.42 bits per heavy atom. The van der Waals surface area contributed by atoms with Crippen molar-refractivity contribution in [1.29, 1.82) is 0 Å². The molecule has 19 heavy (non-hydrogen) atoms. The molecule has 7 nitrogen and oxygen atoms in total. The van der Waals surface area contributed by atoms with Gasteiger partial charge in [-0.1, -0.05) is 0 Å². The molecule has 0 saturated carbocycles. The van der Waals surface area contributed by atoms with Crippen LogP contribution in [0.4, 0.5) is 19.0 Å². The quantitative estimate of drug-likeness (QED) is 0.806. The van der Waals surface area contributed by atoms with Gasteiger partial charge in [0.1, 0.15) is 12.4 Å². The maximum absolute atomic E-state index is 12.4. The number of hydrogen-bond donors (Lipinski definition) is 2. The van der Waals surface area contributed by atoms with Crippen molar-refractivity contribution in [3.63, 3.8) is 0 Å². The van der Waals surface area contributed by atoms with E-state index in [1.807, 2.05) is 0 Å². The van der Waals surface area contributed by atoms with Crippen LogP contribution in [-0.2, 0) is 0 Å². The van der Waals surface area contributed by atoms with Crippen molar-refractivity contribution in [2.24, 2.45) is 0 Å². The third-order valence-corrected chi connectivity index (χ3v) is 2.32. The van der Waals surface area contributed by atoms with E-state index in [1.54, 1.807) is 0 Å². The van der Waals surface area contributed by atoms with Gasteiger partial charge in [0, 0.05) is 6.54 Å². The lowest BCUT2D eigenvalue weighted by Crippen LogP contribution is -2.37. The molecule has 2 rings (SSSR count). The van der Waals surface area contributed by atoms with E-state index >= 15 is 0 Å². The van der Waals surface area contributed by atoms with Crippen molar-refractivity contribution in [1.82, 2.24) is 19.8 Å². The average Bonchev–Trinajstić information content (AvgIpc) is 2.69. The fourth-order valence-electron chi connectivity index (χ4n) is 1.57. The number of nitrogens with one attached hydrogen (secondary N) is 1. The van der Waals surface area contributed by atoms with Gasteiger partial charge in [-0.15, -0.1) is 5.10 Å². The summed E-state index contributed by atoms with van der Waals surface area (Å²) in [6, 6.07) is 2.66. The standard InChI is InChI=1S/C9H10F3N5O2/c10-9(11,12)5-16(3-4-18)7-2-1-6-13-14-8(19)17(6)15-7/h1-2,18H,3-5H2,(H,14,19). The SMILES string of the molecule is O=c1[nH]nc2ccc(N(CCO)CC(F)(F)F)nn12. The van der Waals surface area contributed by atoms with E-state index in [2.05, 4.69) is 15.3 Å². The van der Waals surface area contributed by atoms with Crippen LogP contribution in [0.1, 0.15) is 0 Å². The third kappa shape index (κ3) is 3.02. The maximum atomic E-state index is 12.4. The van der Waals surface area contributed by atoms with Crippen LogP contribution in [-0.4, -0.2) is 50.8 Å². The smallest absolute Gasteiger partial charge is 0.395 e. The molecule has 0 amide bonds. The summed E-state index contributed by atoms with van der Waals surface area (Å²) >= 11 is 0. The van der Waals surface area contributed by atoms with Crippen molar-refractivity contribution < 1.29 is 18.3 Å². The molecule has 0 unspecified atom stereocenters. The first-order valence-corrected chi connectivity index (χ1v) is 5.28. The van der Waals surface area contributed by atoms with Gasteiger partial charge in [-0.2, -0.15) is 22.8 Å². The summed E-state index contributed by atoms with van der Waals surface area (Å²) < 4.78 is 38.1. The van der Waals surface area contributed by atoms with Crippen molar-refractivity contribution in [2.45, 2.75) is 6.18 Å². The molecular weight excluding hydrogens is 267 g/mol. The first kappa shape index (κ1) is 13.3. The number of anilines is 1. The zero-order valence-corrected chi connectivity index (χ0v) is 9.55. The highest BCUT2D eigenvalue weighted by Gasteiger charge is 2.31. The molecule has 0 aliphatic heterocycles. The Morgan fingerprint density at radius 2 is 2.16 bits per heavy atom. The molecule has 0 saturated heterocycles. The number of aliphatic hydroxyl groups is 1. The van der Waals surface area contributed by atoms with Crippen molar-refractivity contribution >= 4 is 11.5 Å². The second-order valence-corrected chi connectivity index (χ2v) is 3.75. The number of fused-ring (bicyclic) bond motifs is 1. The van der Waals surface area contributed by atoms with Gasteiger partial charge in [0.25, 0.3) is 0 Å². The van der Waals surface area contributed by atoms with Gasteiger partial charge in [0.05, 0.1) is 6.61 Å². The molecule has 104 valence electrons. The van der Waals surface area contributed by atoms with E-state index in [4.69, 9.17) is 5.11 Å². The Morgan fingerprint density at radius 3 is 2.79 bits per heavy atom. The number of halogens is 3. The van der Waals surface area contributed by atoms with Crippen LogP contribution in [0.5, 0.6) is 0 Å². The summed E-state index contributed by atoms with van der Waals surface area (Å²) in [6.45, 7) is -1.97. The summed E-state index contributed by atoms with van der Waals surface area (Å²) in [5, 5.41) is 18.3. The highest BCUT2D eigenvalue weighted by Crippen LogP contribution is 2.20. The molecule has 0 aliphatic carbocycles. The van der Waals surface area contributed by atoms with Gasteiger partial charge in [0.15, 0.2) is 5.65 Å². The summed E-state index contributed by atoms with van der Waals surface area (Å²) in [5.74, 6) is -0.0672. The Balaban J connectivity index is 2.37. The van der Waals surface area contributed by atoms with E-state index in [1.165, 1.54) is 12.1 Å². The van der Waals surface area contributed by atoms with Crippen LogP contribution >= 0.6 is 0 Å². The van der Waals surface area contributed by atoms with E-state index in [0.717, 1.165) is 9.42 Å². The molecule has 0 spiro atoms. The van der Waals surface area contributed by atoms with E-state index < -0.39 is 25.0 Å². The molecule has 0 aliphatic rings. The van der Waals surface area contributed by atoms with Crippen LogP contribution in [0.3, 0.4) is 0 Å². The lowest BCUT2D eigenvalue weighted by atomic mass is 10.4. The van der Waals surface area contributed by atoms with Gasteiger partial charge < -0.3 is 10.0 Å². The highest BCUT2D eigenvalue weighted by atomic mass is 19.4. The fraction of sp³-hybridized carbons (Fsp3) is 0.444. The van der Waals surface area contributed by atoms with Crippen molar-refractivity contribution in [3.05, 3.63) is 22.6 Å². The number of aromatic amines is 1. The van der Waals surface area contributed by atoms with E-state index in [9.17, 15) is 18.0 Å². The largest absolute Gasteiger partial charge is 0.405 e. The van der Waals surface area contributed by atoms with Crippen LogP contribution in [0.2, 0.25) is 0 Å². The number of H-pyrrole nitrogens is 1. The molecular formula is C9H10F3N5O2. The highest BCUT2D eigenvalue weighted by molar-refractivity contribution is 5.45. The Kier molecular flexibility index (Phi) is 3.42. The minimum absolute atomic E-state index is 0.0672. The Bertz CT molecular complexity index is 620. The zero-order chi connectivity index (χ0) is 14.0. The van der Waals surface area contributed by atoms with Crippen LogP contribution < -0.4 is 10.6 Å².